The van der Waals surface area contributed by atoms with E-state index in [4.69, 9.17) is 23.2 Å². The quantitative estimate of drug-likeness (QED) is 0.869. The number of nitrogens with one attached hydrogen (secondary N) is 1. The number of alkyl halides is 2. The molecule has 0 aliphatic heterocycles. The SMILES string of the molecule is O=C(Nc1cc(Cl)c(OC(F)F)c(Cl)c1)c1ccccc1. The van der Waals surface area contributed by atoms with E-state index in [2.05, 4.69) is 10.1 Å². The summed E-state index contributed by atoms with van der Waals surface area (Å²) in [7, 11) is 0. The van der Waals surface area contributed by atoms with E-state index in [1.807, 2.05) is 0 Å². The van der Waals surface area contributed by atoms with Gasteiger partial charge in [-0.15, -0.1) is 0 Å². The standard InChI is InChI=1S/C14H9Cl2F2NO2/c15-10-6-9(7-11(16)12(10)21-14(17)18)19-13(20)8-4-2-1-3-5-8/h1-7,14H,(H,19,20). The number of carbonyl (C=O) groups is 1. The number of hydrogen-bond donors (Lipinski definition) is 1. The van der Waals surface area contributed by atoms with E-state index in [-0.39, 0.29) is 27.4 Å². The first-order valence-corrected chi connectivity index (χ1v) is 6.53. The minimum Gasteiger partial charge on any atom is -0.432 e. The van der Waals surface area contributed by atoms with Gasteiger partial charge in [0.05, 0.1) is 10.0 Å². The Morgan fingerprint density at radius 3 is 2.19 bits per heavy atom. The third-order valence-corrected chi connectivity index (χ3v) is 3.06. The molecule has 0 saturated carbocycles. The lowest BCUT2D eigenvalue weighted by Crippen LogP contribution is -2.12. The molecular formula is C14H9Cl2F2NO2. The Balaban J connectivity index is 2.20. The molecule has 2 rings (SSSR count). The molecule has 3 nitrogen and oxygen atoms in total. The molecule has 0 bridgehead atoms. The third-order valence-electron chi connectivity index (χ3n) is 2.50. The van der Waals surface area contributed by atoms with Crippen LogP contribution in [0.25, 0.3) is 0 Å². The van der Waals surface area contributed by atoms with Gasteiger partial charge in [0.2, 0.25) is 0 Å². The Hall–Kier alpha value is -1.85. The first kappa shape index (κ1) is 15.5. The molecule has 0 unspecified atom stereocenters. The predicted molar refractivity (Wildman–Crippen MR) is 77.5 cm³/mol. The smallest absolute Gasteiger partial charge is 0.387 e. The highest BCUT2D eigenvalue weighted by Gasteiger charge is 2.15. The lowest BCUT2D eigenvalue weighted by molar-refractivity contribution is -0.0497. The summed E-state index contributed by atoms with van der Waals surface area (Å²) < 4.78 is 28.6. The first-order valence-electron chi connectivity index (χ1n) is 5.77. The fraction of sp³-hybridized carbons (Fsp3) is 0.0714. The first-order chi connectivity index (χ1) is 9.97. The van der Waals surface area contributed by atoms with Crippen LogP contribution in [0.1, 0.15) is 10.4 Å². The van der Waals surface area contributed by atoms with E-state index in [0.717, 1.165) is 0 Å². The second-order valence-electron chi connectivity index (χ2n) is 3.97. The van der Waals surface area contributed by atoms with Crippen molar-refractivity contribution in [1.82, 2.24) is 0 Å². The number of carbonyl (C=O) groups excluding carboxylic acids is 1. The molecule has 1 amide bonds. The Labute approximate surface area is 129 Å². The second kappa shape index (κ2) is 6.74. The monoisotopic (exact) mass is 331 g/mol. The van der Waals surface area contributed by atoms with Gasteiger partial charge in [-0.25, -0.2) is 0 Å². The van der Waals surface area contributed by atoms with Crippen LogP contribution in [-0.4, -0.2) is 12.5 Å². The molecule has 0 aromatic heterocycles. The molecule has 2 aromatic carbocycles. The molecular weight excluding hydrogens is 323 g/mol. The van der Waals surface area contributed by atoms with Crippen molar-refractivity contribution in [1.29, 1.82) is 0 Å². The van der Waals surface area contributed by atoms with Crippen molar-refractivity contribution in [2.45, 2.75) is 6.61 Å². The average molecular weight is 332 g/mol. The van der Waals surface area contributed by atoms with Crippen LogP contribution in [0, 0.1) is 0 Å². The van der Waals surface area contributed by atoms with Gasteiger partial charge >= 0.3 is 6.61 Å². The summed E-state index contributed by atoms with van der Waals surface area (Å²) in [6, 6.07) is 11.0. The van der Waals surface area contributed by atoms with Gasteiger partial charge in [0.1, 0.15) is 0 Å². The van der Waals surface area contributed by atoms with Crippen LogP contribution in [0.2, 0.25) is 10.0 Å². The number of ether oxygens (including phenoxy) is 1. The molecule has 110 valence electrons. The molecule has 1 N–H and O–H groups in total. The minimum atomic E-state index is -3.04. The summed E-state index contributed by atoms with van der Waals surface area (Å²) in [5, 5.41) is 2.33. The molecule has 0 fully saturated rings. The predicted octanol–water partition coefficient (Wildman–Crippen LogP) is 4.85. The molecule has 0 heterocycles. The molecule has 0 radical (unpaired) electrons. The van der Waals surface area contributed by atoms with Crippen molar-refractivity contribution in [3.8, 4) is 5.75 Å². The fourth-order valence-corrected chi connectivity index (χ4v) is 2.20. The van der Waals surface area contributed by atoms with Crippen LogP contribution in [-0.2, 0) is 0 Å². The van der Waals surface area contributed by atoms with E-state index in [0.29, 0.717) is 5.56 Å². The Morgan fingerprint density at radius 1 is 1.10 bits per heavy atom. The van der Waals surface area contributed by atoms with Gasteiger partial charge in [-0.2, -0.15) is 8.78 Å². The largest absolute Gasteiger partial charge is 0.432 e. The Morgan fingerprint density at radius 2 is 1.67 bits per heavy atom. The van der Waals surface area contributed by atoms with Crippen molar-refractivity contribution < 1.29 is 18.3 Å². The molecule has 7 heteroatoms. The number of anilines is 1. The van der Waals surface area contributed by atoms with Crippen LogP contribution in [0.3, 0.4) is 0 Å². The van der Waals surface area contributed by atoms with Gasteiger partial charge in [-0.1, -0.05) is 41.4 Å². The summed E-state index contributed by atoms with van der Waals surface area (Å²) in [6.45, 7) is -3.04. The highest BCUT2D eigenvalue weighted by atomic mass is 35.5. The number of benzene rings is 2. The normalized spacial score (nSPS) is 10.5. The van der Waals surface area contributed by atoms with Crippen molar-refractivity contribution in [2.24, 2.45) is 0 Å². The van der Waals surface area contributed by atoms with Crippen molar-refractivity contribution in [3.63, 3.8) is 0 Å². The van der Waals surface area contributed by atoms with Crippen LogP contribution in [0.4, 0.5) is 14.5 Å². The van der Waals surface area contributed by atoms with E-state index in [9.17, 15) is 13.6 Å². The zero-order valence-electron chi connectivity index (χ0n) is 10.4. The topological polar surface area (TPSA) is 38.3 Å². The third kappa shape index (κ3) is 4.06. The molecule has 0 atom stereocenters. The molecule has 0 aliphatic carbocycles. The highest BCUT2D eigenvalue weighted by molar-refractivity contribution is 6.37. The molecule has 21 heavy (non-hydrogen) atoms. The molecule has 2 aromatic rings. The van der Waals surface area contributed by atoms with Crippen molar-refractivity contribution in [3.05, 3.63) is 58.1 Å². The van der Waals surface area contributed by atoms with Gasteiger partial charge in [-0.3, -0.25) is 4.79 Å². The summed E-state index contributed by atoms with van der Waals surface area (Å²) in [5.41, 5.74) is 0.720. The summed E-state index contributed by atoms with van der Waals surface area (Å²) in [4.78, 5) is 12.0. The summed E-state index contributed by atoms with van der Waals surface area (Å²) >= 11 is 11.6. The van der Waals surface area contributed by atoms with Crippen LogP contribution >= 0.6 is 23.2 Å². The van der Waals surface area contributed by atoms with Gasteiger partial charge < -0.3 is 10.1 Å². The van der Waals surface area contributed by atoms with Gasteiger partial charge in [0.15, 0.2) is 5.75 Å². The highest BCUT2D eigenvalue weighted by Crippen LogP contribution is 2.37. The zero-order chi connectivity index (χ0) is 15.4. The maximum Gasteiger partial charge on any atom is 0.387 e. The van der Waals surface area contributed by atoms with E-state index < -0.39 is 6.61 Å². The maximum atomic E-state index is 12.2. The summed E-state index contributed by atoms with van der Waals surface area (Å²) in [6.07, 6.45) is 0. The molecule has 0 aliphatic rings. The van der Waals surface area contributed by atoms with E-state index in [1.54, 1.807) is 30.3 Å². The molecule has 0 saturated heterocycles. The Bertz CT molecular complexity index is 628. The van der Waals surface area contributed by atoms with E-state index in [1.165, 1.54) is 12.1 Å². The van der Waals surface area contributed by atoms with Crippen LogP contribution in [0.5, 0.6) is 5.75 Å². The van der Waals surface area contributed by atoms with Gasteiger partial charge in [0, 0.05) is 11.3 Å². The zero-order valence-corrected chi connectivity index (χ0v) is 12.0. The minimum absolute atomic E-state index is 0.119. The lowest BCUT2D eigenvalue weighted by atomic mass is 10.2. The van der Waals surface area contributed by atoms with Gasteiger partial charge in [0.25, 0.3) is 5.91 Å². The Kier molecular flexibility index (Phi) is 4.98. The number of amides is 1. The number of rotatable bonds is 4. The van der Waals surface area contributed by atoms with Crippen molar-refractivity contribution >= 4 is 34.8 Å². The number of hydrogen-bond acceptors (Lipinski definition) is 2. The number of halogens is 4. The van der Waals surface area contributed by atoms with Crippen LogP contribution < -0.4 is 10.1 Å². The average Bonchev–Trinajstić information content (AvgIpc) is 2.43. The maximum absolute atomic E-state index is 12.2. The summed E-state index contributed by atoms with van der Waals surface area (Å²) in [5.74, 6) is -0.698. The second-order valence-corrected chi connectivity index (χ2v) is 4.78. The van der Waals surface area contributed by atoms with Gasteiger partial charge in [-0.05, 0) is 24.3 Å². The van der Waals surface area contributed by atoms with E-state index >= 15 is 0 Å². The fourth-order valence-electron chi connectivity index (χ4n) is 1.63. The van der Waals surface area contributed by atoms with Crippen molar-refractivity contribution in [2.75, 3.05) is 5.32 Å². The lowest BCUT2D eigenvalue weighted by Gasteiger charge is -2.11. The van der Waals surface area contributed by atoms with Crippen LogP contribution in [0.15, 0.2) is 42.5 Å². The molecule has 0 spiro atoms.